The van der Waals surface area contributed by atoms with Gasteiger partial charge in [-0.2, -0.15) is 4.37 Å². The number of primary amides is 1. The third kappa shape index (κ3) is 5.33. The number of Topliss-reactive ketones (excluding diaryl/α,β-unsaturated/α-hetero) is 1. The van der Waals surface area contributed by atoms with Crippen molar-refractivity contribution in [2.24, 2.45) is 11.7 Å². The monoisotopic (exact) mass is 468 g/mol. The molecule has 172 valence electrons. The molecule has 0 unspecified atom stereocenters. The Balaban J connectivity index is 1.50. The van der Waals surface area contributed by atoms with Crippen molar-refractivity contribution in [3.8, 4) is 0 Å². The van der Waals surface area contributed by atoms with Gasteiger partial charge in [0.1, 0.15) is 16.6 Å². The molecular weight excluding hydrogens is 443 g/mol. The lowest BCUT2D eigenvalue weighted by molar-refractivity contribution is 0.0951. The number of rotatable bonds is 7. The molecule has 1 fully saturated rings. The summed E-state index contributed by atoms with van der Waals surface area (Å²) in [4.78, 5) is 35.4. The molecule has 1 amide bonds. The molecule has 4 rings (SSSR count). The molecule has 0 aliphatic carbocycles. The molecule has 3 N–H and O–H groups in total. The molecule has 1 saturated heterocycles. The Morgan fingerprint density at radius 3 is 2.82 bits per heavy atom. The Bertz CT molecular complexity index is 1200. The van der Waals surface area contributed by atoms with Crippen LogP contribution in [0.25, 0.3) is 0 Å². The van der Waals surface area contributed by atoms with Crippen molar-refractivity contribution < 1.29 is 14.0 Å². The van der Waals surface area contributed by atoms with E-state index in [2.05, 4.69) is 19.7 Å². The first-order valence-electron chi connectivity index (χ1n) is 10.7. The molecule has 2 aromatic heterocycles. The molecule has 3 heterocycles. The van der Waals surface area contributed by atoms with Crippen LogP contribution in [0.5, 0.6) is 0 Å². The predicted molar refractivity (Wildman–Crippen MR) is 126 cm³/mol. The summed E-state index contributed by atoms with van der Waals surface area (Å²) in [6.07, 6.45) is 3.51. The van der Waals surface area contributed by atoms with Gasteiger partial charge in [0.05, 0.1) is 17.5 Å². The van der Waals surface area contributed by atoms with Crippen molar-refractivity contribution in [1.29, 1.82) is 0 Å². The van der Waals surface area contributed by atoms with Crippen LogP contribution in [0.3, 0.4) is 0 Å². The zero-order valence-electron chi connectivity index (χ0n) is 18.5. The van der Waals surface area contributed by atoms with Crippen LogP contribution in [0.1, 0.15) is 51.4 Å². The van der Waals surface area contributed by atoms with Crippen LogP contribution in [0.2, 0.25) is 0 Å². The van der Waals surface area contributed by atoms with Crippen molar-refractivity contribution in [2.75, 3.05) is 23.3 Å². The third-order valence-electron chi connectivity index (χ3n) is 5.60. The number of anilines is 3. The summed E-state index contributed by atoms with van der Waals surface area (Å²) in [6, 6.07) is 6.53. The van der Waals surface area contributed by atoms with Gasteiger partial charge in [0, 0.05) is 19.5 Å². The largest absolute Gasteiger partial charge is 0.364 e. The molecule has 0 bridgehead atoms. The minimum Gasteiger partial charge on any atom is -0.364 e. The number of carbonyl (C=O) groups excluding carboxylic acids is 2. The highest BCUT2D eigenvalue weighted by Crippen LogP contribution is 2.28. The fourth-order valence-electron chi connectivity index (χ4n) is 4.00. The summed E-state index contributed by atoms with van der Waals surface area (Å²) in [5.74, 6) is -0.442. The summed E-state index contributed by atoms with van der Waals surface area (Å²) in [5, 5.41) is 3.81. The van der Waals surface area contributed by atoms with Crippen LogP contribution < -0.4 is 16.0 Å². The van der Waals surface area contributed by atoms with Gasteiger partial charge in [0.2, 0.25) is 0 Å². The van der Waals surface area contributed by atoms with E-state index in [0.717, 1.165) is 35.6 Å². The lowest BCUT2D eigenvalue weighted by Crippen LogP contribution is -2.37. The molecule has 0 radical (unpaired) electrons. The highest BCUT2D eigenvalue weighted by atomic mass is 32.1. The van der Waals surface area contributed by atoms with E-state index >= 15 is 0 Å². The Hall–Kier alpha value is -3.40. The van der Waals surface area contributed by atoms with Crippen molar-refractivity contribution in [3.05, 3.63) is 58.8 Å². The maximum atomic E-state index is 14.2. The minimum atomic E-state index is -0.681. The van der Waals surface area contributed by atoms with E-state index < -0.39 is 11.7 Å². The first kappa shape index (κ1) is 22.8. The summed E-state index contributed by atoms with van der Waals surface area (Å²) in [5.41, 5.74) is 7.29. The maximum absolute atomic E-state index is 14.2. The summed E-state index contributed by atoms with van der Waals surface area (Å²) >= 11 is 1.25. The topological polar surface area (TPSA) is 114 Å². The average Bonchev–Trinajstić information content (AvgIpc) is 3.18. The number of aromatic nitrogens is 3. The number of carbonyl (C=O) groups is 2. The van der Waals surface area contributed by atoms with Crippen LogP contribution in [0.15, 0.2) is 30.5 Å². The second-order valence-corrected chi connectivity index (χ2v) is 9.12. The molecule has 33 heavy (non-hydrogen) atoms. The number of ketones is 1. The second kappa shape index (κ2) is 9.62. The minimum absolute atomic E-state index is 0.0448. The number of amides is 1. The smallest absolute Gasteiger partial charge is 0.271 e. The van der Waals surface area contributed by atoms with Gasteiger partial charge in [0.15, 0.2) is 17.3 Å². The van der Waals surface area contributed by atoms with E-state index in [-0.39, 0.29) is 35.2 Å². The Morgan fingerprint density at radius 2 is 2.12 bits per heavy atom. The first-order valence-corrected chi connectivity index (χ1v) is 11.5. The number of halogens is 1. The number of nitrogens with one attached hydrogen (secondary N) is 1. The fraction of sp³-hybridized carbons (Fsp3) is 0.348. The van der Waals surface area contributed by atoms with Crippen LogP contribution in [-0.2, 0) is 0 Å². The van der Waals surface area contributed by atoms with E-state index in [4.69, 9.17) is 5.73 Å². The lowest BCUT2D eigenvalue weighted by atomic mass is 9.90. The molecule has 0 saturated carbocycles. The number of nitrogens with zero attached hydrogens (tertiary/aromatic N) is 4. The fourth-order valence-corrected chi connectivity index (χ4v) is 4.66. The van der Waals surface area contributed by atoms with Gasteiger partial charge < -0.3 is 16.0 Å². The predicted octanol–water partition coefficient (Wildman–Crippen LogP) is 4.02. The molecule has 1 aliphatic rings. The van der Waals surface area contributed by atoms with Gasteiger partial charge in [-0.05, 0) is 67.9 Å². The van der Waals surface area contributed by atoms with Crippen LogP contribution in [0, 0.1) is 25.6 Å². The lowest BCUT2D eigenvalue weighted by Gasteiger charge is -2.33. The average molecular weight is 469 g/mol. The number of aryl methyl sites for hydroxylation is 2. The van der Waals surface area contributed by atoms with Crippen molar-refractivity contribution in [2.45, 2.75) is 33.1 Å². The van der Waals surface area contributed by atoms with Gasteiger partial charge in [-0.15, -0.1) is 0 Å². The van der Waals surface area contributed by atoms with Crippen molar-refractivity contribution in [3.63, 3.8) is 0 Å². The summed E-state index contributed by atoms with van der Waals surface area (Å²) in [6.45, 7) is 4.99. The molecule has 8 nitrogen and oxygen atoms in total. The van der Waals surface area contributed by atoms with E-state index in [1.807, 2.05) is 17.9 Å². The molecule has 3 aromatic rings. The quantitative estimate of drug-likeness (QED) is 0.503. The van der Waals surface area contributed by atoms with Gasteiger partial charge in [-0.3, -0.25) is 9.59 Å². The second-order valence-electron chi connectivity index (χ2n) is 8.31. The van der Waals surface area contributed by atoms with Gasteiger partial charge in [-0.25, -0.2) is 14.4 Å². The standard InChI is InChI=1S/C23H25FN6O2S/c1-13-5-6-16(17(24)8-13)18(31)10-15-4-3-7-30(12-15)19-11-26-21(22(25)32)23(27-19)28-20-9-14(2)29-33-20/h5-6,8-9,11,15H,3-4,7,10,12H2,1-2H3,(H2,25,32)(H,27,28)/t15-/m0/s1. The number of nitrogens with two attached hydrogens (primary N) is 1. The molecule has 1 atom stereocenters. The molecular formula is C23H25FN6O2S. The number of benzene rings is 1. The number of hydrogen-bond acceptors (Lipinski definition) is 8. The first-order chi connectivity index (χ1) is 15.8. The van der Waals surface area contributed by atoms with E-state index in [1.54, 1.807) is 19.1 Å². The Kier molecular flexibility index (Phi) is 6.64. The Morgan fingerprint density at radius 1 is 1.30 bits per heavy atom. The highest BCUT2D eigenvalue weighted by Gasteiger charge is 2.26. The SMILES string of the molecule is Cc1ccc(C(=O)C[C@@H]2CCCN(c3cnc(C(N)=O)c(Nc4cc(C)ns4)n3)C2)c(F)c1. The van der Waals surface area contributed by atoms with Crippen molar-refractivity contribution >= 4 is 39.9 Å². The summed E-state index contributed by atoms with van der Waals surface area (Å²) < 4.78 is 18.4. The molecule has 1 aromatic carbocycles. The normalized spacial score (nSPS) is 16.0. The van der Waals surface area contributed by atoms with Gasteiger partial charge >= 0.3 is 0 Å². The highest BCUT2D eigenvalue weighted by molar-refractivity contribution is 7.10. The van der Waals surface area contributed by atoms with Crippen molar-refractivity contribution in [1.82, 2.24) is 14.3 Å². The molecule has 10 heteroatoms. The van der Waals surface area contributed by atoms with Crippen LogP contribution in [-0.4, -0.2) is 39.1 Å². The summed E-state index contributed by atoms with van der Waals surface area (Å²) in [7, 11) is 0. The third-order valence-corrected chi connectivity index (χ3v) is 6.40. The zero-order valence-corrected chi connectivity index (χ0v) is 19.3. The molecule has 0 spiro atoms. The zero-order chi connectivity index (χ0) is 23.5. The van der Waals surface area contributed by atoms with E-state index in [0.29, 0.717) is 12.4 Å². The number of hydrogen-bond donors (Lipinski definition) is 2. The van der Waals surface area contributed by atoms with Crippen LogP contribution >= 0.6 is 11.5 Å². The van der Waals surface area contributed by atoms with Crippen LogP contribution in [0.4, 0.5) is 21.0 Å². The number of piperidine rings is 1. The van der Waals surface area contributed by atoms with E-state index in [1.165, 1.54) is 23.8 Å². The van der Waals surface area contributed by atoms with Gasteiger partial charge in [-0.1, -0.05) is 6.07 Å². The van der Waals surface area contributed by atoms with Gasteiger partial charge in [0.25, 0.3) is 5.91 Å². The van der Waals surface area contributed by atoms with E-state index in [9.17, 15) is 14.0 Å². The molecule has 1 aliphatic heterocycles. The Labute approximate surface area is 195 Å². The maximum Gasteiger partial charge on any atom is 0.271 e.